The molecular formula is C20H22N2O2. The van der Waals surface area contributed by atoms with Gasteiger partial charge in [-0.3, -0.25) is 9.59 Å². The fraction of sp³-hybridized carbons (Fsp3) is 0.300. The molecule has 2 aromatic carbocycles. The molecule has 4 heteroatoms. The maximum Gasteiger partial charge on any atom is 0.249 e. The van der Waals surface area contributed by atoms with Crippen LogP contribution in [0.4, 0.5) is 0 Å². The van der Waals surface area contributed by atoms with Crippen LogP contribution in [-0.4, -0.2) is 29.8 Å². The van der Waals surface area contributed by atoms with E-state index in [0.29, 0.717) is 25.4 Å². The zero-order valence-corrected chi connectivity index (χ0v) is 13.8. The van der Waals surface area contributed by atoms with E-state index in [-0.39, 0.29) is 11.8 Å². The molecule has 1 N–H and O–H groups in total. The summed E-state index contributed by atoms with van der Waals surface area (Å²) in [6, 6.07) is 19.1. The molecule has 24 heavy (non-hydrogen) atoms. The number of benzene rings is 2. The van der Waals surface area contributed by atoms with Gasteiger partial charge >= 0.3 is 0 Å². The van der Waals surface area contributed by atoms with Crippen molar-refractivity contribution >= 4 is 11.8 Å². The molecule has 1 aliphatic rings. The van der Waals surface area contributed by atoms with E-state index in [1.807, 2.05) is 53.4 Å². The molecule has 1 atom stereocenters. The van der Waals surface area contributed by atoms with Gasteiger partial charge in [0, 0.05) is 25.4 Å². The molecule has 0 saturated carbocycles. The number of hydrogen-bond donors (Lipinski definition) is 1. The molecule has 2 amide bonds. The summed E-state index contributed by atoms with van der Waals surface area (Å²) < 4.78 is 0. The van der Waals surface area contributed by atoms with Crippen LogP contribution < -0.4 is 5.32 Å². The lowest BCUT2D eigenvalue weighted by atomic mass is 9.90. The van der Waals surface area contributed by atoms with Crippen molar-refractivity contribution in [3.63, 3.8) is 0 Å². The zero-order valence-electron chi connectivity index (χ0n) is 13.8. The fourth-order valence-electron chi connectivity index (χ4n) is 2.97. The highest BCUT2D eigenvalue weighted by Gasteiger charge is 2.36. The van der Waals surface area contributed by atoms with Crippen LogP contribution in [0.3, 0.4) is 0 Å². The first kappa shape index (κ1) is 16.2. The predicted octanol–water partition coefficient (Wildman–Crippen LogP) is 2.88. The van der Waals surface area contributed by atoms with Gasteiger partial charge in [0.25, 0.3) is 0 Å². The Balaban J connectivity index is 1.70. The average molecular weight is 322 g/mol. The molecule has 0 bridgehead atoms. The second kappa shape index (κ2) is 7.30. The van der Waals surface area contributed by atoms with Crippen LogP contribution in [0.1, 0.15) is 36.4 Å². The van der Waals surface area contributed by atoms with Crippen LogP contribution in [0.25, 0.3) is 0 Å². The van der Waals surface area contributed by atoms with Gasteiger partial charge in [-0.1, -0.05) is 67.6 Å². The van der Waals surface area contributed by atoms with Gasteiger partial charge in [-0.2, -0.15) is 0 Å². The second-order valence-corrected chi connectivity index (χ2v) is 6.12. The van der Waals surface area contributed by atoms with E-state index in [4.69, 9.17) is 0 Å². The van der Waals surface area contributed by atoms with Gasteiger partial charge in [0.1, 0.15) is 6.04 Å². The number of likely N-dealkylation sites (tertiary alicyclic amines) is 1. The summed E-state index contributed by atoms with van der Waals surface area (Å²) in [4.78, 5) is 26.5. The van der Waals surface area contributed by atoms with E-state index in [1.165, 1.54) is 5.56 Å². The number of carbonyl (C=O) groups is 2. The minimum Gasteiger partial charge on any atom is -0.341 e. The molecule has 3 rings (SSSR count). The van der Waals surface area contributed by atoms with Crippen LogP contribution in [0, 0.1) is 0 Å². The lowest BCUT2D eigenvalue weighted by Gasteiger charge is -2.41. The van der Waals surface area contributed by atoms with E-state index in [1.54, 1.807) is 6.92 Å². The van der Waals surface area contributed by atoms with Gasteiger partial charge in [-0.25, -0.2) is 0 Å². The third kappa shape index (κ3) is 3.48. The molecule has 0 radical (unpaired) electrons. The Kier molecular flexibility index (Phi) is 4.94. The third-order valence-corrected chi connectivity index (χ3v) is 4.47. The fourth-order valence-corrected chi connectivity index (χ4v) is 2.97. The maximum atomic E-state index is 12.9. The number of rotatable bonds is 5. The second-order valence-electron chi connectivity index (χ2n) is 6.12. The Morgan fingerprint density at radius 3 is 2.21 bits per heavy atom. The zero-order chi connectivity index (χ0) is 16.9. The molecule has 4 nitrogen and oxygen atoms in total. The highest BCUT2D eigenvalue weighted by Crippen LogP contribution is 2.29. The van der Waals surface area contributed by atoms with E-state index in [0.717, 1.165) is 5.56 Å². The molecule has 1 aliphatic heterocycles. The van der Waals surface area contributed by atoms with Crippen molar-refractivity contribution in [3.05, 3.63) is 71.8 Å². The Morgan fingerprint density at radius 1 is 1.04 bits per heavy atom. The van der Waals surface area contributed by atoms with Crippen molar-refractivity contribution in [1.82, 2.24) is 10.2 Å². The Hall–Kier alpha value is -2.62. The molecule has 2 aromatic rings. The van der Waals surface area contributed by atoms with Gasteiger partial charge in [0.05, 0.1) is 0 Å². The predicted molar refractivity (Wildman–Crippen MR) is 93.4 cm³/mol. The lowest BCUT2D eigenvalue weighted by molar-refractivity contribution is -0.140. The van der Waals surface area contributed by atoms with Gasteiger partial charge in [0.15, 0.2) is 0 Å². The number of nitrogens with one attached hydrogen (secondary N) is 1. The highest BCUT2D eigenvalue weighted by molar-refractivity contribution is 5.89. The van der Waals surface area contributed by atoms with Crippen molar-refractivity contribution in [2.45, 2.75) is 25.3 Å². The van der Waals surface area contributed by atoms with Crippen LogP contribution in [0.2, 0.25) is 0 Å². The van der Waals surface area contributed by atoms with Gasteiger partial charge in [0.2, 0.25) is 11.8 Å². The van der Waals surface area contributed by atoms with E-state index < -0.39 is 6.04 Å². The largest absolute Gasteiger partial charge is 0.341 e. The maximum absolute atomic E-state index is 12.9. The topological polar surface area (TPSA) is 49.4 Å². The van der Waals surface area contributed by atoms with E-state index in [2.05, 4.69) is 17.4 Å². The van der Waals surface area contributed by atoms with Crippen molar-refractivity contribution in [1.29, 1.82) is 0 Å². The van der Waals surface area contributed by atoms with Crippen molar-refractivity contribution in [2.24, 2.45) is 0 Å². The molecule has 0 aliphatic carbocycles. The van der Waals surface area contributed by atoms with Crippen LogP contribution in [0.15, 0.2) is 60.7 Å². The standard InChI is InChI=1S/C20H22N2O2/c1-2-18(23)21-19(16-11-7-4-8-12-16)20(24)22-13-17(14-22)15-9-5-3-6-10-15/h3-12,17,19H,2,13-14H2,1H3,(H,21,23). The first-order valence-corrected chi connectivity index (χ1v) is 8.37. The molecule has 1 fully saturated rings. The van der Waals surface area contributed by atoms with E-state index in [9.17, 15) is 9.59 Å². The number of hydrogen-bond acceptors (Lipinski definition) is 2. The average Bonchev–Trinajstić information content (AvgIpc) is 2.59. The van der Waals surface area contributed by atoms with Crippen molar-refractivity contribution in [2.75, 3.05) is 13.1 Å². The molecule has 1 saturated heterocycles. The van der Waals surface area contributed by atoms with Crippen molar-refractivity contribution < 1.29 is 9.59 Å². The van der Waals surface area contributed by atoms with Crippen molar-refractivity contribution in [3.8, 4) is 0 Å². The molecular weight excluding hydrogens is 300 g/mol. The lowest BCUT2D eigenvalue weighted by Crippen LogP contribution is -2.52. The SMILES string of the molecule is CCC(=O)NC(C(=O)N1CC(c2ccccc2)C1)c1ccccc1. The van der Waals surface area contributed by atoms with E-state index >= 15 is 0 Å². The number of amides is 2. The Morgan fingerprint density at radius 2 is 1.62 bits per heavy atom. The number of nitrogens with zero attached hydrogens (tertiary/aromatic N) is 1. The minimum absolute atomic E-state index is 0.0322. The summed E-state index contributed by atoms with van der Waals surface area (Å²) in [5.74, 6) is 0.237. The highest BCUT2D eigenvalue weighted by atomic mass is 16.2. The molecule has 1 heterocycles. The van der Waals surface area contributed by atoms with Gasteiger partial charge in [-0.15, -0.1) is 0 Å². The van der Waals surface area contributed by atoms with Gasteiger partial charge in [-0.05, 0) is 11.1 Å². The molecule has 1 unspecified atom stereocenters. The summed E-state index contributed by atoms with van der Waals surface area (Å²) >= 11 is 0. The van der Waals surface area contributed by atoms with Crippen LogP contribution in [-0.2, 0) is 9.59 Å². The minimum atomic E-state index is -0.602. The molecule has 0 spiro atoms. The summed E-state index contributed by atoms with van der Waals surface area (Å²) in [7, 11) is 0. The monoisotopic (exact) mass is 322 g/mol. The molecule has 124 valence electrons. The van der Waals surface area contributed by atoms with Gasteiger partial charge < -0.3 is 10.2 Å². The molecule has 0 aromatic heterocycles. The normalized spacial score (nSPS) is 15.5. The summed E-state index contributed by atoms with van der Waals surface area (Å²) in [5, 5.41) is 2.86. The third-order valence-electron chi connectivity index (χ3n) is 4.47. The Labute approximate surface area is 142 Å². The first-order chi connectivity index (χ1) is 11.7. The summed E-state index contributed by atoms with van der Waals surface area (Å²) in [5.41, 5.74) is 2.09. The van der Waals surface area contributed by atoms with Crippen LogP contribution >= 0.6 is 0 Å². The smallest absolute Gasteiger partial charge is 0.249 e. The van der Waals surface area contributed by atoms with Crippen LogP contribution in [0.5, 0.6) is 0 Å². The summed E-state index contributed by atoms with van der Waals surface area (Å²) in [6.07, 6.45) is 0.364. The summed E-state index contributed by atoms with van der Waals surface area (Å²) in [6.45, 7) is 3.19. The number of carbonyl (C=O) groups excluding carboxylic acids is 2. The Bertz CT molecular complexity index is 694. The first-order valence-electron chi connectivity index (χ1n) is 8.37. The quantitative estimate of drug-likeness (QED) is 0.920.